The second kappa shape index (κ2) is 10.4. The fourth-order valence-electron chi connectivity index (χ4n) is 1.32. The van der Waals surface area contributed by atoms with E-state index in [0.29, 0.717) is 13.0 Å². The Bertz CT molecular complexity index is 300. The Labute approximate surface area is 119 Å². The molecule has 0 aromatic carbocycles. The molecule has 1 aromatic rings. The van der Waals surface area contributed by atoms with Gasteiger partial charge >= 0.3 is 0 Å². The molecule has 0 fully saturated rings. The van der Waals surface area contributed by atoms with Gasteiger partial charge in [-0.15, -0.1) is 24.0 Å². The molecule has 0 atom stereocenters. The molecule has 2 N–H and O–H groups in total. The summed E-state index contributed by atoms with van der Waals surface area (Å²) in [7, 11) is 1.71. The molecule has 0 unspecified atom stereocenters. The predicted octanol–water partition coefficient (Wildman–Crippen LogP) is 1.63. The zero-order valence-electron chi connectivity index (χ0n) is 10.0. The number of alkyl halides is 1. The van der Waals surface area contributed by atoms with Crippen molar-refractivity contribution in [1.29, 1.82) is 0 Å². The molecule has 0 aliphatic rings. The van der Waals surface area contributed by atoms with E-state index in [1.54, 1.807) is 7.05 Å². The summed E-state index contributed by atoms with van der Waals surface area (Å²) in [6.07, 6.45) is 4.54. The van der Waals surface area contributed by atoms with Crippen LogP contribution in [0.2, 0.25) is 0 Å². The molecule has 98 valence electrons. The zero-order chi connectivity index (χ0) is 11.6. The molecule has 17 heavy (non-hydrogen) atoms. The molecule has 0 radical (unpaired) electrons. The first kappa shape index (κ1) is 16.2. The number of nitrogens with zero attached hydrogens (tertiary/aromatic N) is 2. The van der Waals surface area contributed by atoms with Crippen molar-refractivity contribution in [1.82, 2.24) is 15.2 Å². The standard InChI is InChI=1S/C11H19FN4.HI/c1-13-11(14-6-4-5-12)15-7-10-16-8-2-3-9-16;/h2-3,8-9H,4-7,10H2,1H3,(H2,13,14,15);1H. The first-order valence-electron chi connectivity index (χ1n) is 5.48. The van der Waals surface area contributed by atoms with E-state index in [4.69, 9.17) is 0 Å². The summed E-state index contributed by atoms with van der Waals surface area (Å²) >= 11 is 0. The summed E-state index contributed by atoms with van der Waals surface area (Å²) in [5.74, 6) is 0.723. The van der Waals surface area contributed by atoms with Gasteiger partial charge in [-0.25, -0.2) is 0 Å². The lowest BCUT2D eigenvalue weighted by Gasteiger charge is -2.11. The largest absolute Gasteiger partial charge is 0.356 e. The fraction of sp³-hybridized carbons (Fsp3) is 0.545. The number of aromatic nitrogens is 1. The van der Waals surface area contributed by atoms with Crippen LogP contribution in [-0.2, 0) is 6.54 Å². The van der Waals surface area contributed by atoms with Gasteiger partial charge in [0, 0.05) is 39.1 Å². The summed E-state index contributed by atoms with van der Waals surface area (Å²) in [5.41, 5.74) is 0. The average Bonchev–Trinajstić information content (AvgIpc) is 2.80. The van der Waals surface area contributed by atoms with E-state index < -0.39 is 0 Å². The van der Waals surface area contributed by atoms with Crippen molar-refractivity contribution >= 4 is 29.9 Å². The molecule has 1 aromatic heterocycles. The van der Waals surface area contributed by atoms with Crippen molar-refractivity contribution < 1.29 is 4.39 Å². The molecule has 6 heteroatoms. The molecular formula is C11H20FIN4. The van der Waals surface area contributed by atoms with Gasteiger partial charge in [0.25, 0.3) is 0 Å². The first-order chi connectivity index (χ1) is 7.86. The third-order valence-electron chi connectivity index (χ3n) is 2.16. The average molecular weight is 354 g/mol. The van der Waals surface area contributed by atoms with Gasteiger partial charge in [-0.1, -0.05) is 0 Å². The van der Waals surface area contributed by atoms with Crippen LogP contribution in [0.25, 0.3) is 0 Å². The van der Waals surface area contributed by atoms with Crippen LogP contribution in [-0.4, -0.2) is 37.3 Å². The Morgan fingerprint density at radius 2 is 1.88 bits per heavy atom. The van der Waals surface area contributed by atoms with E-state index in [0.717, 1.165) is 19.0 Å². The highest BCUT2D eigenvalue weighted by molar-refractivity contribution is 14.0. The normalized spacial score (nSPS) is 10.8. The molecule has 0 aliphatic heterocycles. The van der Waals surface area contributed by atoms with E-state index in [1.807, 2.05) is 24.5 Å². The van der Waals surface area contributed by atoms with Gasteiger partial charge in [-0.2, -0.15) is 0 Å². The Morgan fingerprint density at radius 1 is 1.24 bits per heavy atom. The van der Waals surface area contributed by atoms with Crippen LogP contribution in [0, 0.1) is 0 Å². The summed E-state index contributed by atoms with van der Waals surface area (Å²) in [5, 5.41) is 6.20. The number of aliphatic imine (C=N–C) groups is 1. The summed E-state index contributed by atoms with van der Waals surface area (Å²) in [6.45, 7) is 1.99. The van der Waals surface area contributed by atoms with E-state index in [1.165, 1.54) is 0 Å². The summed E-state index contributed by atoms with van der Waals surface area (Å²) in [6, 6.07) is 3.99. The quantitative estimate of drug-likeness (QED) is 0.353. The van der Waals surface area contributed by atoms with E-state index in [-0.39, 0.29) is 30.7 Å². The number of hydrogen-bond donors (Lipinski definition) is 2. The summed E-state index contributed by atoms with van der Waals surface area (Å²) in [4.78, 5) is 4.04. The van der Waals surface area contributed by atoms with E-state index in [2.05, 4.69) is 20.2 Å². The van der Waals surface area contributed by atoms with Gasteiger partial charge in [-0.05, 0) is 18.6 Å². The van der Waals surface area contributed by atoms with Gasteiger partial charge in [0.05, 0.1) is 6.67 Å². The van der Waals surface area contributed by atoms with Crippen molar-refractivity contribution in [2.45, 2.75) is 13.0 Å². The van der Waals surface area contributed by atoms with Crippen molar-refractivity contribution in [3.05, 3.63) is 24.5 Å². The van der Waals surface area contributed by atoms with Crippen LogP contribution in [0.3, 0.4) is 0 Å². The first-order valence-corrected chi connectivity index (χ1v) is 5.48. The number of rotatable bonds is 6. The van der Waals surface area contributed by atoms with E-state index in [9.17, 15) is 4.39 Å². The monoisotopic (exact) mass is 354 g/mol. The Hall–Kier alpha value is -0.790. The SMILES string of the molecule is CN=C(NCCCF)NCCn1cccc1.I. The molecule has 0 spiro atoms. The Kier molecular flexibility index (Phi) is 9.89. The van der Waals surface area contributed by atoms with Gasteiger partial charge in [-0.3, -0.25) is 9.38 Å². The summed E-state index contributed by atoms with van der Waals surface area (Å²) < 4.78 is 14.0. The lowest BCUT2D eigenvalue weighted by molar-refractivity contribution is 0.470. The number of halogens is 2. The molecule has 4 nitrogen and oxygen atoms in total. The third-order valence-corrected chi connectivity index (χ3v) is 2.16. The molecular weight excluding hydrogens is 334 g/mol. The third kappa shape index (κ3) is 7.19. The minimum absolute atomic E-state index is 0. The van der Waals surface area contributed by atoms with Crippen molar-refractivity contribution in [2.24, 2.45) is 4.99 Å². The second-order valence-corrected chi connectivity index (χ2v) is 3.39. The number of guanidine groups is 1. The topological polar surface area (TPSA) is 41.4 Å². The molecule has 1 rings (SSSR count). The highest BCUT2D eigenvalue weighted by Crippen LogP contribution is 1.87. The van der Waals surface area contributed by atoms with Crippen LogP contribution in [0.1, 0.15) is 6.42 Å². The van der Waals surface area contributed by atoms with Crippen molar-refractivity contribution in [3.63, 3.8) is 0 Å². The number of nitrogens with one attached hydrogen (secondary N) is 2. The second-order valence-electron chi connectivity index (χ2n) is 3.39. The van der Waals surface area contributed by atoms with Gasteiger partial charge < -0.3 is 15.2 Å². The van der Waals surface area contributed by atoms with E-state index >= 15 is 0 Å². The molecule has 0 saturated heterocycles. The van der Waals surface area contributed by atoms with Crippen LogP contribution in [0.15, 0.2) is 29.5 Å². The zero-order valence-corrected chi connectivity index (χ0v) is 12.4. The maximum Gasteiger partial charge on any atom is 0.191 e. The Balaban J connectivity index is 0.00000256. The lowest BCUT2D eigenvalue weighted by Crippen LogP contribution is -2.39. The molecule has 0 bridgehead atoms. The molecule has 1 heterocycles. The van der Waals surface area contributed by atoms with Gasteiger partial charge in [0.15, 0.2) is 5.96 Å². The van der Waals surface area contributed by atoms with Crippen LogP contribution in [0.5, 0.6) is 0 Å². The van der Waals surface area contributed by atoms with Crippen LogP contribution in [0.4, 0.5) is 4.39 Å². The van der Waals surface area contributed by atoms with Crippen molar-refractivity contribution in [2.75, 3.05) is 26.8 Å². The predicted molar refractivity (Wildman–Crippen MR) is 79.8 cm³/mol. The van der Waals surface area contributed by atoms with Gasteiger partial charge in [0.2, 0.25) is 0 Å². The molecule has 0 amide bonds. The van der Waals surface area contributed by atoms with Crippen LogP contribution >= 0.6 is 24.0 Å². The lowest BCUT2D eigenvalue weighted by atomic mass is 10.5. The highest BCUT2D eigenvalue weighted by Gasteiger charge is 1.95. The number of hydrogen-bond acceptors (Lipinski definition) is 1. The molecule has 0 saturated carbocycles. The van der Waals surface area contributed by atoms with Crippen LogP contribution < -0.4 is 10.6 Å². The van der Waals surface area contributed by atoms with Gasteiger partial charge in [0.1, 0.15) is 0 Å². The minimum Gasteiger partial charge on any atom is -0.356 e. The highest BCUT2D eigenvalue weighted by atomic mass is 127. The minimum atomic E-state index is -0.298. The molecule has 0 aliphatic carbocycles. The maximum absolute atomic E-state index is 11.9. The maximum atomic E-state index is 11.9. The smallest absolute Gasteiger partial charge is 0.191 e. The van der Waals surface area contributed by atoms with Crippen molar-refractivity contribution in [3.8, 4) is 0 Å². The Morgan fingerprint density at radius 3 is 2.47 bits per heavy atom. The fourth-order valence-corrected chi connectivity index (χ4v) is 1.32.